The highest BCUT2D eigenvalue weighted by atomic mass is 32.2. The number of sulfone groups is 1. The third kappa shape index (κ3) is 2.47. The van der Waals surface area contributed by atoms with Crippen molar-refractivity contribution in [1.82, 2.24) is 0 Å². The van der Waals surface area contributed by atoms with E-state index in [0.717, 1.165) is 6.26 Å². The minimum atomic E-state index is -3.69. The third-order valence-electron chi connectivity index (χ3n) is 2.19. The van der Waals surface area contributed by atoms with Crippen LogP contribution in [0, 0.1) is 18.3 Å². The number of hydrogen-bond donors (Lipinski definition) is 0. The van der Waals surface area contributed by atoms with Gasteiger partial charge in [0.2, 0.25) is 5.25 Å². The van der Waals surface area contributed by atoms with Gasteiger partial charge in [-0.15, -0.1) is 0 Å². The number of rotatable bonds is 3. The van der Waals surface area contributed by atoms with Crippen molar-refractivity contribution >= 4 is 15.6 Å². The Kier molecular flexibility index (Phi) is 3.45. The summed E-state index contributed by atoms with van der Waals surface area (Å²) in [4.78, 5) is 11.8. The molecular weight excluding hydrogens is 226 g/mol. The Morgan fingerprint density at radius 1 is 1.38 bits per heavy atom. The number of benzene rings is 1. The standard InChI is InChI=1S/C11H11NO3S/c1-8-5-3-4-6-9(8)11(13)10(7-12)16(2,14)15/h3-6,10H,1-2H3. The fraction of sp³-hybridized carbons (Fsp3) is 0.273. The summed E-state index contributed by atoms with van der Waals surface area (Å²) in [5.74, 6) is -0.664. The van der Waals surface area contributed by atoms with E-state index in [2.05, 4.69) is 0 Å². The van der Waals surface area contributed by atoms with Crippen LogP contribution in [-0.4, -0.2) is 25.7 Å². The fourth-order valence-corrected chi connectivity index (χ4v) is 2.05. The van der Waals surface area contributed by atoms with Gasteiger partial charge in [-0.1, -0.05) is 24.3 Å². The van der Waals surface area contributed by atoms with Gasteiger partial charge in [0, 0.05) is 11.8 Å². The first-order valence-corrected chi connectivity index (χ1v) is 6.51. The lowest BCUT2D eigenvalue weighted by molar-refractivity contribution is 0.1000. The Balaban J connectivity index is 3.23. The Labute approximate surface area is 94.4 Å². The van der Waals surface area contributed by atoms with Crippen molar-refractivity contribution in [3.63, 3.8) is 0 Å². The van der Waals surface area contributed by atoms with Crippen LogP contribution < -0.4 is 0 Å². The molecule has 0 fully saturated rings. The highest BCUT2D eigenvalue weighted by Gasteiger charge is 2.30. The van der Waals surface area contributed by atoms with Gasteiger partial charge in [0.15, 0.2) is 15.6 Å². The molecule has 0 N–H and O–H groups in total. The molecular formula is C11H11NO3S. The van der Waals surface area contributed by atoms with E-state index < -0.39 is 20.9 Å². The number of nitriles is 1. The quantitative estimate of drug-likeness (QED) is 0.738. The Morgan fingerprint density at radius 2 is 1.94 bits per heavy atom. The molecule has 84 valence electrons. The van der Waals surface area contributed by atoms with Crippen LogP contribution in [0.4, 0.5) is 0 Å². The van der Waals surface area contributed by atoms with Crippen molar-refractivity contribution in [2.75, 3.05) is 6.26 Å². The van der Waals surface area contributed by atoms with Crippen molar-refractivity contribution in [2.45, 2.75) is 12.2 Å². The molecule has 0 amide bonds. The van der Waals surface area contributed by atoms with Crippen molar-refractivity contribution < 1.29 is 13.2 Å². The fourth-order valence-electron chi connectivity index (χ4n) is 1.34. The van der Waals surface area contributed by atoms with E-state index in [1.165, 1.54) is 12.1 Å². The Bertz CT molecular complexity index is 555. The van der Waals surface area contributed by atoms with Crippen LogP contribution in [-0.2, 0) is 9.84 Å². The maximum atomic E-state index is 11.8. The first-order valence-electron chi connectivity index (χ1n) is 4.56. The smallest absolute Gasteiger partial charge is 0.210 e. The zero-order chi connectivity index (χ0) is 12.3. The summed E-state index contributed by atoms with van der Waals surface area (Å²) in [7, 11) is -3.69. The van der Waals surface area contributed by atoms with E-state index in [-0.39, 0.29) is 5.56 Å². The SMILES string of the molecule is Cc1ccccc1C(=O)C(C#N)S(C)(=O)=O. The summed E-state index contributed by atoms with van der Waals surface area (Å²) in [5.41, 5.74) is 0.941. The second-order valence-electron chi connectivity index (χ2n) is 3.52. The maximum Gasteiger partial charge on any atom is 0.210 e. The van der Waals surface area contributed by atoms with Crippen LogP contribution in [0.25, 0.3) is 0 Å². The molecule has 1 atom stereocenters. The van der Waals surface area contributed by atoms with Gasteiger partial charge in [0.05, 0.1) is 6.07 Å². The molecule has 0 saturated carbocycles. The van der Waals surface area contributed by atoms with E-state index in [0.29, 0.717) is 5.56 Å². The molecule has 0 saturated heterocycles. The molecule has 0 aliphatic heterocycles. The molecule has 0 radical (unpaired) electrons. The minimum Gasteiger partial charge on any atom is -0.291 e. The lowest BCUT2D eigenvalue weighted by Gasteiger charge is -2.08. The molecule has 0 aromatic heterocycles. The highest BCUT2D eigenvalue weighted by Crippen LogP contribution is 2.13. The molecule has 16 heavy (non-hydrogen) atoms. The van der Waals surface area contributed by atoms with Crippen LogP contribution in [0.3, 0.4) is 0 Å². The van der Waals surface area contributed by atoms with E-state index in [9.17, 15) is 13.2 Å². The molecule has 0 bridgehead atoms. The topological polar surface area (TPSA) is 75.0 Å². The second-order valence-corrected chi connectivity index (χ2v) is 5.65. The lowest BCUT2D eigenvalue weighted by Crippen LogP contribution is -2.28. The molecule has 1 aromatic rings. The predicted molar refractivity (Wildman–Crippen MR) is 59.8 cm³/mol. The van der Waals surface area contributed by atoms with Gasteiger partial charge < -0.3 is 0 Å². The molecule has 0 heterocycles. The summed E-state index contributed by atoms with van der Waals surface area (Å²) < 4.78 is 22.5. The third-order valence-corrected chi connectivity index (χ3v) is 3.37. The molecule has 4 nitrogen and oxygen atoms in total. The molecule has 0 spiro atoms. The van der Waals surface area contributed by atoms with Gasteiger partial charge >= 0.3 is 0 Å². The van der Waals surface area contributed by atoms with Gasteiger partial charge in [-0.25, -0.2) is 8.42 Å². The predicted octanol–water partition coefficient (Wildman–Crippen LogP) is 1.11. The minimum absolute atomic E-state index is 0.277. The zero-order valence-corrected chi connectivity index (χ0v) is 9.78. The van der Waals surface area contributed by atoms with Gasteiger partial charge in [0.1, 0.15) is 0 Å². The summed E-state index contributed by atoms with van der Waals surface area (Å²) >= 11 is 0. The molecule has 1 rings (SSSR count). The maximum absolute atomic E-state index is 11.8. The van der Waals surface area contributed by atoms with Crippen molar-refractivity contribution in [3.8, 4) is 6.07 Å². The van der Waals surface area contributed by atoms with Gasteiger partial charge in [-0.2, -0.15) is 5.26 Å². The average molecular weight is 237 g/mol. The molecule has 1 aromatic carbocycles. The zero-order valence-electron chi connectivity index (χ0n) is 8.97. The number of carbonyl (C=O) groups is 1. The molecule has 5 heteroatoms. The van der Waals surface area contributed by atoms with Gasteiger partial charge in [-0.05, 0) is 12.5 Å². The van der Waals surface area contributed by atoms with E-state index in [4.69, 9.17) is 5.26 Å². The largest absolute Gasteiger partial charge is 0.291 e. The van der Waals surface area contributed by atoms with Gasteiger partial charge in [0.25, 0.3) is 0 Å². The Morgan fingerprint density at radius 3 is 2.38 bits per heavy atom. The summed E-state index contributed by atoms with van der Waals surface area (Å²) in [6.07, 6.45) is 0.886. The highest BCUT2D eigenvalue weighted by molar-refractivity contribution is 7.92. The molecule has 1 unspecified atom stereocenters. The Hall–Kier alpha value is -1.67. The van der Waals surface area contributed by atoms with E-state index >= 15 is 0 Å². The summed E-state index contributed by atoms with van der Waals surface area (Å²) in [6, 6.07) is 8.13. The van der Waals surface area contributed by atoms with Gasteiger partial charge in [-0.3, -0.25) is 4.79 Å². The van der Waals surface area contributed by atoms with Crippen LogP contribution in [0.5, 0.6) is 0 Å². The number of aryl methyl sites for hydroxylation is 1. The van der Waals surface area contributed by atoms with Crippen molar-refractivity contribution in [2.24, 2.45) is 0 Å². The lowest BCUT2D eigenvalue weighted by atomic mass is 10.0. The van der Waals surface area contributed by atoms with Crippen molar-refractivity contribution in [3.05, 3.63) is 35.4 Å². The van der Waals surface area contributed by atoms with Crippen LogP contribution in [0.1, 0.15) is 15.9 Å². The number of ketones is 1. The van der Waals surface area contributed by atoms with Crippen LogP contribution in [0.15, 0.2) is 24.3 Å². The monoisotopic (exact) mass is 237 g/mol. The summed E-state index contributed by atoms with van der Waals surface area (Å²) in [5, 5.41) is 7.12. The van der Waals surface area contributed by atoms with Crippen LogP contribution >= 0.6 is 0 Å². The molecule has 0 aliphatic rings. The number of hydrogen-bond acceptors (Lipinski definition) is 4. The average Bonchev–Trinajstić information content (AvgIpc) is 2.17. The first-order chi connectivity index (χ1) is 7.38. The number of nitrogens with zero attached hydrogens (tertiary/aromatic N) is 1. The first kappa shape index (κ1) is 12.4. The normalized spacial score (nSPS) is 12.8. The number of carbonyl (C=O) groups excluding carboxylic acids is 1. The van der Waals surface area contributed by atoms with E-state index in [1.54, 1.807) is 25.1 Å². The number of Topliss-reactive ketones (excluding diaryl/α,β-unsaturated/α-hetero) is 1. The van der Waals surface area contributed by atoms with Crippen molar-refractivity contribution in [1.29, 1.82) is 5.26 Å². The molecule has 0 aliphatic carbocycles. The van der Waals surface area contributed by atoms with E-state index in [1.807, 2.05) is 0 Å². The second kappa shape index (κ2) is 4.45. The van der Waals surface area contributed by atoms with Crippen LogP contribution in [0.2, 0.25) is 0 Å². The summed E-state index contributed by atoms with van der Waals surface area (Å²) in [6.45, 7) is 1.70.